The van der Waals surface area contributed by atoms with E-state index in [2.05, 4.69) is 15.3 Å². The molecular weight excluding hydrogens is 336 g/mol. The first-order chi connectivity index (χ1) is 12.6. The van der Waals surface area contributed by atoms with Gasteiger partial charge in [-0.25, -0.2) is 4.98 Å². The van der Waals surface area contributed by atoms with E-state index in [9.17, 15) is 14.4 Å². The van der Waals surface area contributed by atoms with Gasteiger partial charge in [0.05, 0.1) is 36.0 Å². The number of aromatic amines is 1. The van der Waals surface area contributed by atoms with Crippen molar-refractivity contribution in [3.05, 3.63) is 59.0 Å². The van der Waals surface area contributed by atoms with Gasteiger partial charge in [-0.15, -0.1) is 0 Å². The monoisotopic (exact) mass is 352 g/mol. The molecule has 26 heavy (non-hydrogen) atoms. The Morgan fingerprint density at radius 1 is 1.35 bits per heavy atom. The van der Waals surface area contributed by atoms with Crippen LogP contribution in [0.5, 0.6) is 0 Å². The van der Waals surface area contributed by atoms with E-state index < -0.39 is 5.92 Å². The predicted octanol–water partition coefficient (Wildman–Crippen LogP) is 1.50. The highest BCUT2D eigenvalue weighted by Gasteiger charge is 2.34. The minimum Gasteiger partial charge on any atom is -0.467 e. The topological polar surface area (TPSA) is 108 Å². The molecule has 4 rings (SSSR count). The number of rotatable bonds is 4. The first kappa shape index (κ1) is 16.1. The summed E-state index contributed by atoms with van der Waals surface area (Å²) in [5.74, 6) is -0.0957. The van der Waals surface area contributed by atoms with E-state index in [-0.39, 0.29) is 23.8 Å². The van der Waals surface area contributed by atoms with Crippen LogP contribution in [0.1, 0.15) is 12.2 Å². The number of nitrogens with zero attached hydrogens (tertiary/aromatic N) is 2. The number of carbonyl (C=O) groups is 2. The molecule has 1 aromatic carbocycles. The first-order valence-corrected chi connectivity index (χ1v) is 8.18. The highest BCUT2D eigenvalue weighted by molar-refractivity contribution is 5.98. The van der Waals surface area contributed by atoms with Crippen LogP contribution in [-0.4, -0.2) is 33.2 Å². The van der Waals surface area contributed by atoms with Crippen LogP contribution in [0, 0.1) is 5.92 Å². The van der Waals surface area contributed by atoms with Gasteiger partial charge in [0, 0.05) is 18.7 Å². The first-order valence-electron chi connectivity index (χ1n) is 8.18. The number of H-pyrrole nitrogens is 1. The minimum absolute atomic E-state index is 0.0827. The number of anilines is 1. The Balaban J connectivity index is 1.46. The zero-order chi connectivity index (χ0) is 18.1. The molecule has 2 N–H and O–H groups in total. The fourth-order valence-corrected chi connectivity index (χ4v) is 3.08. The van der Waals surface area contributed by atoms with Crippen molar-refractivity contribution in [2.24, 2.45) is 5.92 Å². The molecule has 1 aliphatic heterocycles. The lowest BCUT2D eigenvalue weighted by Gasteiger charge is -2.15. The van der Waals surface area contributed by atoms with Gasteiger partial charge in [0.25, 0.3) is 5.56 Å². The van der Waals surface area contributed by atoms with Crippen molar-refractivity contribution in [2.75, 3.05) is 11.9 Å². The van der Waals surface area contributed by atoms with Crippen LogP contribution in [-0.2, 0) is 16.1 Å². The number of aromatic nitrogens is 2. The highest BCUT2D eigenvalue weighted by atomic mass is 16.3. The van der Waals surface area contributed by atoms with Crippen LogP contribution in [0.3, 0.4) is 0 Å². The molecule has 0 bridgehead atoms. The lowest BCUT2D eigenvalue weighted by molar-refractivity contribution is -0.128. The van der Waals surface area contributed by atoms with Crippen molar-refractivity contribution in [1.29, 1.82) is 0 Å². The molecule has 3 heterocycles. The quantitative estimate of drug-likeness (QED) is 0.740. The molecule has 3 aromatic rings. The summed E-state index contributed by atoms with van der Waals surface area (Å²) >= 11 is 0. The van der Waals surface area contributed by atoms with Crippen molar-refractivity contribution < 1.29 is 14.0 Å². The highest BCUT2D eigenvalue weighted by Crippen LogP contribution is 2.22. The maximum atomic E-state index is 12.5. The Morgan fingerprint density at radius 2 is 2.23 bits per heavy atom. The Bertz CT molecular complexity index is 1030. The molecule has 1 atom stereocenters. The normalized spacial score (nSPS) is 17.0. The molecule has 2 aromatic heterocycles. The van der Waals surface area contributed by atoms with E-state index in [4.69, 9.17) is 4.42 Å². The summed E-state index contributed by atoms with van der Waals surface area (Å²) < 4.78 is 5.25. The van der Waals surface area contributed by atoms with E-state index in [0.717, 1.165) is 0 Å². The van der Waals surface area contributed by atoms with Gasteiger partial charge in [-0.05, 0) is 30.3 Å². The zero-order valence-electron chi connectivity index (χ0n) is 13.8. The Hall–Kier alpha value is -3.42. The van der Waals surface area contributed by atoms with Gasteiger partial charge in [-0.2, -0.15) is 0 Å². The summed E-state index contributed by atoms with van der Waals surface area (Å²) in [4.78, 5) is 44.7. The van der Waals surface area contributed by atoms with Gasteiger partial charge in [0.2, 0.25) is 11.8 Å². The molecule has 132 valence electrons. The van der Waals surface area contributed by atoms with Crippen molar-refractivity contribution in [2.45, 2.75) is 13.0 Å². The number of fused-ring (bicyclic) bond motifs is 1. The summed E-state index contributed by atoms with van der Waals surface area (Å²) in [5.41, 5.74) is 0.775. The third-order valence-electron chi connectivity index (χ3n) is 4.42. The van der Waals surface area contributed by atoms with Gasteiger partial charge in [0.15, 0.2) is 0 Å². The molecular formula is C18H16N4O4. The van der Waals surface area contributed by atoms with E-state index in [1.54, 1.807) is 41.5 Å². The van der Waals surface area contributed by atoms with Crippen LogP contribution < -0.4 is 10.9 Å². The SMILES string of the molecule is O=C(Nc1ccc2nc[nH]c(=O)c2c1)C1CC(=O)N(Cc2ccco2)C1. The molecule has 0 radical (unpaired) electrons. The van der Waals surface area contributed by atoms with E-state index in [1.165, 1.54) is 6.33 Å². The second kappa shape index (κ2) is 6.47. The van der Waals surface area contributed by atoms with Crippen LogP contribution >= 0.6 is 0 Å². The average Bonchev–Trinajstić information content (AvgIpc) is 3.26. The molecule has 8 heteroatoms. The van der Waals surface area contributed by atoms with E-state index >= 15 is 0 Å². The Morgan fingerprint density at radius 3 is 3.04 bits per heavy atom. The summed E-state index contributed by atoms with van der Waals surface area (Å²) in [6.45, 7) is 0.688. The standard InChI is InChI=1S/C18H16N4O4/c23-16-6-11(8-22(16)9-13-2-1-5-26-13)17(24)21-12-3-4-15-14(7-12)18(25)20-10-19-15/h1-5,7,10-11H,6,8-9H2,(H,21,24)(H,19,20,25). The second-order valence-electron chi connectivity index (χ2n) is 6.21. The lowest BCUT2D eigenvalue weighted by Crippen LogP contribution is -2.27. The number of benzene rings is 1. The summed E-state index contributed by atoms with van der Waals surface area (Å²) in [7, 11) is 0. The second-order valence-corrected chi connectivity index (χ2v) is 6.21. The number of furan rings is 1. The van der Waals surface area contributed by atoms with Gasteiger partial charge >= 0.3 is 0 Å². The average molecular weight is 352 g/mol. The lowest BCUT2D eigenvalue weighted by atomic mass is 10.1. The Kier molecular flexibility index (Phi) is 4.00. The number of nitrogens with one attached hydrogen (secondary N) is 2. The molecule has 0 saturated carbocycles. The third-order valence-corrected chi connectivity index (χ3v) is 4.42. The van der Waals surface area contributed by atoms with E-state index in [0.29, 0.717) is 35.4 Å². The molecule has 0 spiro atoms. The largest absolute Gasteiger partial charge is 0.467 e. The summed E-state index contributed by atoms with van der Waals surface area (Å²) in [6.07, 6.45) is 3.04. The maximum absolute atomic E-state index is 12.5. The zero-order valence-corrected chi connectivity index (χ0v) is 13.8. The van der Waals surface area contributed by atoms with Gasteiger partial charge in [-0.1, -0.05) is 0 Å². The van der Waals surface area contributed by atoms with Crippen LogP contribution in [0.2, 0.25) is 0 Å². The van der Waals surface area contributed by atoms with Crippen molar-refractivity contribution in [3.63, 3.8) is 0 Å². The molecule has 2 amide bonds. The molecule has 1 saturated heterocycles. The number of hydrogen-bond acceptors (Lipinski definition) is 5. The number of likely N-dealkylation sites (tertiary alicyclic amines) is 1. The van der Waals surface area contributed by atoms with E-state index in [1.807, 2.05) is 0 Å². The molecule has 1 aliphatic rings. The van der Waals surface area contributed by atoms with Gasteiger partial charge < -0.3 is 19.6 Å². The van der Waals surface area contributed by atoms with Crippen molar-refractivity contribution in [3.8, 4) is 0 Å². The molecule has 8 nitrogen and oxygen atoms in total. The smallest absolute Gasteiger partial charge is 0.258 e. The molecule has 0 aliphatic carbocycles. The minimum atomic E-state index is -0.444. The maximum Gasteiger partial charge on any atom is 0.258 e. The van der Waals surface area contributed by atoms with Crippen LogP contribution in [0.4, 0.5) is 5.69 Å². The fraction of sp³-hybridized carbons (Fsp3) is 0.222. The fourth-order valence-electron chi connectivity index (χ4n) is 3.08. The van der Waals surface area contributed by atoms with Crippen LogP contribution in [0.15, 0.2) is 52.1 Å². The van der Waals surface area contributed by atoms with Crippen molar-refractivity contribution >= 4 is 28.4 Å². The van der Waals surface area contributed by atoms with Crippen molar-refractivity contribution in [1.82, 2.24) is 14.9 Å². The van der Waals surface area contributed by atoms with Gasteiger partial charge in [-0.3, -0.25) is 14.4 Å². The predicted molar refractivity (Wildman–Crippen MR) is 93.2 cm³/mol. The molecule has 1 fully saturated rings. The van der Waals surface area contributed by atoms with Gasteiger partial charge in [0.1, 0.15) is 5.76 Å². The summed E-state index contributed by atoms with van der Waals surface area (Å²) in [6, 6.07) is 8.49. The Labute approximate surface area is 147 Å². The third kappa shape index (κ3) is 3.08. The number of hydrogen-bond donors (Lipinski definition) is 2. The summed E-state index contributed by atoms with van der Waals surface area (Å²) in [5, 5.41) is 3.18. The van der Waals surface area contributed by atoms with Crippen LogP contribution in [0.25, 0.3) is 10.9 Å². The number of amides is 2. The molecule has 1 unspecified atom stereocenters. The number of carbonyl (C=O) groups excluding carboxylic acids is 2.